The van der Waals surface area contributed by atoms with Gasteiger partial charge in [0.25, 0.3) is 0 Å². The second-order valence-corrected chi connectivity index (χ2v) is 7.54. The summed E-state index contributed by atoms with van der Waals surface area (Å²) in [5.41, 5.74) is 6.26. The minimum absolute atomic E-state index is 0.0930. The highest BCUT2D eigenvalue weighted by Crippen LogP contribution is 2.24. The fraction of sp³-hybridized carbons (Fsp3) is 0.182. The summed E-state index contributed by atoms with van der Waals surface area (Å²) in [7, 11) is 0. The zero-order chi connectivity index (χ0) is 17.7. The topological polar surface area (TPSA) is 57.4 Å². The van der Waals surface area contributed by atoms with Gasteiger partial charge in [-0.25, -0.2) is 0 Å². The number of H-pyrrole nitrogens is 2. The molecule has 0 fully saturated rings. The van der Waals surface area contributed by atoms with Gasteiger partial charge in [-0.1, -0.05) is 19.9 Å². The summed E-state index contributed by atoms with van der Waals surface area (Å²) in [6.45, 7) is 4.39. The summed E-state index contributed by atoms with van der Waals surface area (Å²) in [5, 5.41) is 1.98. The van der Waals surface area contributed by atoms with E-state index in [9.17, 15) is 0 Å². The second-order valence-electron chi connectivity index (χ2n) is 7.54. The normalized spacial score (nSPS) is 15.3. The van der Waals surface area contributed by atoms with Crippen LogP contribution in [0, 0.1) is 0 Å². The molecule has 0 spiro atoms. The summed E-state index contributed by atoms with van der Waals surface area (Å²) < 4.78 is 0. The number of rotatable bonds is 0. The largest absolute Gasteiger partial charge is 0.355 e. The predicted octanol–water partition coefficient (Wildman–Crippen LogP) is 3.10. The minimum Gasteiger partial charge on any atom is -0.355 e. The maximum absolute atomic E-state index is 4.85. The van der Waals surface area contributed by atoms with Crippen molar-refractivity contribution < 1.29 is 0 Å². The van der Waals surface area contributed by atoms with Crippen LogP contribution in [0.2, 0.25) is 0 Å². The summed E-state index contributed by atoms with van der Waals surface area (Å²) >= 11 is 0. The van der Waals surface area contributed by atoms with Gasteiger partial charge in [0.05, 0.1) is 16.4 Å². The van der Waals surface area contributed by atoms with Crippen molar-refractivity contribution in [2.24, 2.45) is 0 Å². The fourth-order valence-electron chi connectivity index (χ4n) is 3.54. The van der Waals surface area contributed by atoms with Crippen LogP contribution in [0.15, 0.2) is 48.5 Å². The number of fused-ring (bicyclic) bond motifs is 8. The third-order valence-corrected chi connectivity index (χ3v) is 4.89. The van der Waals surface area contributed by atoms with Gasteiger partial charge in [-0.05, 0) is 54.6 Å². The molecule has 0 aliphatic carbocycles. The molecule has 0 saturated carbocycles. The SMILES string of the molecule is CC1(C)C=c2cc3ccc(cc4nc(cc5ccc(cc1n2)[nH]5)CC=4)[nH]3. The number of hydrogen-bond acceptors (Lipinski definition) is 2. The minimum atomic E-state index is -0.0930. The van der Waals surface area contributed by atoms with Crippen LogP contribution in [0.4, 0.5) is 0 Å². The lowest BCUT2D eigenvalue weighted by molar-refractivity contribution is 0.706. The first-order valence-corrected chi connectivity index (χ1v) is 8.90. The lowest BCUT2D eigenvalue weighted by Gasteiger charge is -2.13. The first-order valence-electron chi connectivity index (χ1n) is 8.90. The third-order valence-electron chi connectivity index (χ3n) is 4.89. The Hall–Kier alpha value is -3.14. The van der Waals surface area contributed by atoms with E-state index in [4.69, 9.17) is 9.97 Å². The van der Waals surface area contributed by atoms with E-state index in [1.165, 1.54) is 0 Å². The Kier molecular flexibility index (Phi) is 3.16. The van der Waals surface area contributed by atoms with Gasteiger partial charge in [-0.2, -0.15) is 0 Å². The molecule has 4 heteroatoms. The Morgan fingerprint density at radius 2 is 1.38 bits per heavy atom. The lowest BCUT2D eigenvalue weighted by atomic mass is 9.90. The van der Waals surface area contributed by atoms with Gasteiger partial charge in [0, 0.05) is 39.6 Å². The van der Waals surface area contributed by atoms with Crippen LogP contribution in [0.25, 0.3) is 34.2 Å². The Morgan fingerprint density at radius 1 is 0.769 bits per heavy atom. The highest BCUT2D eigenvalue weighted by molar-refractivity contribution is 5.63. The Labute approximate surface area is 151 Å². The van der Waals surface area contributed by atoms with E-state index in [-0.39, 0.29) is 5.41 Å². The third kappa shape index (κ3) is 2.73. The molecule has 5 heterocycles. The molecule has 0 unspecified atom stereocenters. The Morgan fingerprint density at radius 3 is 2.12 bits per heavy atom. The summed E-state index contributed by atoms with van der Waals surface area (Å²) in [6.07, 6.45) is 5.23. The molecule has 3 aromatic heterocycles. The number of nitrogens with one attached hydrogen (secondary N) is 2. The first kappa shape index (κ1) is 15.1. The molecule has 0 amide bonds. The van der Waals surface area contributed by atoms with Gasteiger partial charge in [0.2, 0.25) is 0 Å². The molecule has 4 nitrogen and oxygen atoms in total. The van der Waals surface area contributed by atoms with Crippen LogP contribution in [-0.2, 0) is 11.8 Å². The van der Waals surface area contributed by atoms with Crippen molar-refractivity contribution in [3.63, 3.8) is 0 Å². The van der Waals surface area contributed by atoms with E-state index in [0.29, 0.717) is 0 Å². The van der Waals surface area contributed by atoms with Crippen LogP contribution in [0.5, 0.6) is 0 Å². The highest BCUT2D eigenvalue weighted by atomic mass is 14.8. The fourth-order valence-corrected chi connectivity index (χ4v) is 3.54. The molecule has 2 N–H and O–H groups in total. The van der Waals surface area contributed by atoms with Gasteiger partial charge in [0.1, 0.15) is 0 Å². The van der Waals surface area contributed by atoms with Crippen molar-refractivity contribution in [2.75, 3.05) is 0 Å². The summed E-state index contributed by atoms with van der Waals surface area (Å²) in [5.74, 6) is 0. The van der Waals surface area contributed by atoms with Crippen LogP contribution >= 0.6 is 0 Å². The van der Waals surface area contributed by atoms with Crippen LogP contribution < -0.4 is 10.7 Å². The van der Waals surface area contributed by atoms with Crippen molar-refractivity contribution in [3.8, 4) is 0 Å². The number of aromatic amines is 2. The van der Waals surface area contributed by atoms with Gasteiger partial charge < -0.3 is 9.97 Å². The molecule has 8 bridgehead atoms. The Bertz CT molecular complexity index is 1290. The average Bonchev–Trinajstić information content (AvgIpc) is 3.32. The van der Waals surface area contributed by atoms with Crippen LogP contribution in [-0.4, -0.2) is 19.9 Å². The predicted molar refractivity (Wildman–Crippen MR) is 106 cm³/mol. The van der Waals surface area contributed by atoms with Gasteiger partial charge in [-0.3, -0.25) is 9.97 Å². The van der Waals surface area contributed by atoms with E-state index < -0.39 is 0 Å². The zero-order valence-corrected chi connectivity index (χ0v) is 14.9. The first-order chi connectivity index (χ1) is 12.5. The quantitative estimate of drug-likeness (QED) is 0.661. The van der Waals surface area contributed by atoms with Gasteiger partial charge in [0.15, 0.2) is 0 Å². The molecule has 0 atom stereocenters. The monoisotopic (exact) mass is 340 g/mol. The molecule has 0 radical (unpaired) electrons. The van der Waals surface area contributed by atoms with Gasteiger partial charge in [-0.15, -0.1) is 0 Å². The molecule has 5 rings (SSSR count). The van der Waals surface area contributed by atoms with Crippen molar-refractivity contribution in [3.05, 3.63) is 70.6 Å². The number of hydrogen-bond donors (Lipinski definition) is 2. The molecule has 128 valence electrons. The molecule has 0 aromatic carbocycles. The summed E-state index contributed by atoms with van der Waals surface area (Å²) in [6, 6.07) is 16.8. The van der Waals surface area contributed by atoms with Crippen LogP contribution in [0.1, 0.15) is 25.2 Å². The van der Waals surface area contributed by atoms with E-state index in [0.717, 1.165) is 50.6 Å². The smallest absolute Gasteiger partial charge is 0.0623 e. The van der Waals surface area contributed by atoms with E-state index in [2.05, 4.69) is 84.5 Å². The standard InChI is InChI=1S/C22H20N4/c1-22(2)13-20-11-18-6-5-16(24-18)9-14-3-4-15(23-14)10-17-7-8-19(25-17)12-21(22)26-20/h3,5-13,24-25H,4H2,1-2H3. The molecule has 2 aliphatic heterocycles. The lowest BCUT2D eigenvalue weighted by Crippen LogP contribution is -2.09. The van der Waals surface area contributed by atoms with Crippen molar-refractivity contribution >= 4 is 34.2 Å². The van der Waals surface area contributed by atoms with Crippen molar-refractivity contribution in [1.29, 1.82) is 0 Å². The highest BCUT2D eigenvalue weighted by Gasteiger charge is 2.22. The van der Waals surface area contributed by atoms with Crippen molar-refractivity contribution in [2.45, 2.75) is 25.7 Å². The van der Waals surface area contributed by atoms with E-state index >= 15 is 0 Å². The molecule has 0 saturated heterocycles. The molecular weight excluding hydrogens is 320 g/mol. The zero-order valence-electron chi connectivity index (χ0n) is 14.9. The second kappa shape index (κ2) is 5.43. The number of aromatic nitrogens is 4. The van der Waals surface area contributed by atoms with E-state index in [1.807, 2.05) is 0 Å². The summed E-state index contributed by atoms with van der Waals surface area (Å²) in [4.78, 5) is 16.5. The average molecular weight is 340 g/mol. The Balaban J connectivity index is 1.89. The molecule has 26 heavy (non-hydrogen) atoms. The molecule has 2 aliphatic rings. The molecular formula is C22H20N4. The maximum Gasteiger partial charge on any atom is 0.0623 e. The maximum atomic E-state index is 4.85. The van der Waals surface area contributed by atoms with Gasteiger partial charge >= 0.3 is 0 Å². The van der Waals surface area contributed by atoms with E-state index in [1.54, 1.807) is 0 Å². The molecule has 3 aromatic rings. The van der Waals surface area contributed by atoms with Crippen LogP contribution in [0.3, 0.4) is 0 Å². The van der Waals surface area contributed by atoms with Crippen molar-refractivity contribution in [1.82, 2.24) is 19.9 Å². The number of nitrogens with zero attached hydrogens (tertiary/aromatic N) is 2.